The van der Waals surface area contributed by atoms with Gasteiger partial charge in [0.15, 0.2) is 0 Å². The van der Waals surface area contributed by atoms with Crippen molar-refractivity contribution in [3.63, 3.8) is 0 Å². The van der Waals surface area contributed by atoms with E-state index in [2.05, 4.69) is 18.4 Å². The molecule has 1 aromatic heterocycles. The van der Waals surface area contributed by atoms with Crippen molar-refractivity contribution in [2.45, 2.75) is 13.8 Å². The molecule has 0 aliphatic carbocycles. The van der Waals surface area contributed by atoms with Crippen molar-refractivity contribution in [1.82, 2.24) is 4.68 Å². The van der Waals surface area contributed by atoms with Crippen LogP contribution in [-0.4, -0.2) is 11.4 Å². The summed E-state index contributed by atoms with van der Waals surface area (Å²) in [5, 5.41) is 3.82. The fourth-order valence-corrected chi connectivity index (χ4v) is 1.02. The molecule has 0 amide bonds. The first-order chi connectivity index (χ1) is 5.15. The molecule has 2 heteroatoms. The summed E-state index contributed by atoms with van der Waals surface area (Å²) in [6, 6.07) is 2.04. The molecule has 2 nitrogen and oxygen atoms in total. The average Bonchev–Trinajstić information content (AvgIpc) is 2.30. The van der Waals surface area contributed by atoms with Crippen LogP contribution in [0.1, 0.15) is 18.2 Å². The number of hydrogen-bond acceptors (Lipinski definition) is 1. The highest BCUT2D eigenvalue weighted by atomic mass is 15.3. The van der Waals surface area contributed by atoms with Crippen LogP contribution in [0.5, 0.6) is 0 Å². The van der Waals surface area contributed by atoms with E-state index in [0.29, 0.717) is 0 Å². The minimum absolute atomic E-state index is 1.01. The SMILES string of the molecule is C=Nn1cc(C)cc1C(=C)C. The zero-order valence-electron chi connectivity index (χ0n) is 6.96. The lowest BCUT2D eigenvalue weighted by Crippen LogP contribution is -1.89. The summed E-state index contributed by atoms with van der Waals surface area (Å²) < 4.78 is 1.73. The molecule has 0 aromatic carbocycles. The van der Waals surface area contributed by atoms with Crippen molar-refractivity contribution in [1.29, 1.82) is 0 Å². The summed E-state index contributed by atoms with van der Waals surface area (Å²) in [5.41, 5.74) is 3.21. The van der Waals surface area contributed by atoms with E-state index in [9.17, 15) is 0 Å². The quantitative estimate of drug-likeness (QED) is 0.572. The Labute approximate surface area is 66.9 Å². The maximum atomic E-state index is 3.84. The fraction of sp³-hybridized carbons (Fsp3) is 0.222. The van der Waals surface area contributed by atoms with Gasteiger partial charge in [0.1, 0.15) is 0 Å². The summed E-state index contributed by atoms with van der Waals surface area (Å²) in [7, 11) is 0. The molecule has 0 radical (unpaired) electrons. The molecule has 11 heavy (non-hydrogen) atoms. The normalized spacial score (nSPS) is 9.64. The predicted octanol–water partition coefficient (Wildman–Crippen LogP) is 2.29. The molecule has 1 heterocycles. The third kappa shape index (κ3) is 1.40. The van der Waals surface area contributed by atoms with Gasteiger partial charge in [0.2, 0.25) is 0 Å². The molecular formula is C9H12N2. The van der Waals surface area contributed by atoms with Gasteiger partial charge in [-0.25, -0.2) is 4.68 Å². The van der Waals surface area contributed by atoms with Crippen LogP contribution in [0, 0.1) is 6.92 Å². The Morgan fingerprint density at radius 1 is 1.64 bits per heavy atom. The Bertz CT molecular complexity index is 295. The summed E-state index contributed by atoms with van der Waals surface area (Å²) >= 11 is 0. The van der Waals surface area contributed by atoms with Crippen molar-refractivity contribution in [3.8, 4) is 0 Å². The smallest absolute Gasteiger partial charge is 0.0671 e. The molecule has 0 saturated heterocycles. The number of aromatic nitrogens is 1. The minimum Gasteiger partial charge on any atom is -0.241 e. The van der Waals surface area contributed by atoms with Gasteiger partial charge in [0.05, 0.1) is 5.69 Å². The highest BCUT2D eigenvalue weighted by molar-refractivity contribution is 5.59. The standard InChI is InChI=1S/C9H12N2/c1-7(2)9-5-8(3)6-11(9)10-4/h5-6H,1,4H2,2-3H3. The first-order valence-corrected chi connectivity index (χ1v) is 3.47. The maximum Gasteiger partial charge on any atom is 0.0671 e. The van der Waals surface area contributed by atoms with Gasteiger partial charge in [-0.3, -0.25) is 0 Å². The van der Waals surface area contributed by atoms with Gasteiger partial charge in [0.25, 0.3) is 0 Å². The summed E-state index contributed by atoms with van der Waals surface area (Å²) in [6.07, 6.45) is 1.93. The fourth-order valence-electron chi connectivity index (χ4n) is 1.02. The largest absolute Gasteiger partial charge is 0.241 e. The molecule has 0 atom stereocenters. The molecule has 1 rings (SSSR count). The Morgan fingerprint density at radius 3 is 2.64 bits per heavy atom. The van der Waals surface area contributed by atoms with E-state index in [1.54, 1.807) is 4.68 Å². The number of aryl methyl sites for hydroxylation is 1. The van der Waals surface area contributed by atoms with E-state index in [4.69, 9.17) is 0 Å². The van der Waals surface area contributed by atoms with Gasteiger partial charge in [-0.1, -0.05) is 6.58 Å². The minimum atomic E-state index is 1.01. The van der Waals surface area contributed by atoms with Gasteiger partial charge in [0, 0.05) is 12.9 Å². The van der Waals surface area contributed by atoms with Gasteiger partial charge in [-0.15, -0.1) is 0 Å². The lowest BCUT2D eigenvalue weighted by atomic mass is 10.2. The van der Waals surface area contributed by atoms with Gasteiger partial charge >= 0.3 is 0 Å². The Balaban J connectivity index is 3.22. The molecule has 0 fully saturated rings. The van der Waals surface area contributed by atoms with Crippen LogP contribution in [0.3, 0.4) is 0 Å². The van der Waals surface area contributed by atoms with Crippen LogP contribution in [-0.2, 0) is 0 Å². The van der Waals surface area contributed by atoms with Crippen LogP contribution < -0.4 is 0 Å². The van der Waals surface area contributed by atoms with Crippen molar-refractivity contribution in [2.24, 2.45) is 5.10 Å². The van der Waals surface area contributed by atoms with E-state index < -0.39 is 0 Å². The highest BCUT2D eigenvalue weighted by Crippen LogP contribution is 2.14. The molecule has 1 aromatic rings. The third-order valence-corrected chi connectivity index (χ3v) is 1.53. The highest BCUT2D eigenvalue weighted by Gasteiger charge is 2.00. The lowest BCUT2D eigenvalue weighted by Gasteiger charge is -1.99. The Hall–Kier alpha value is -1.31. The van der Waals surface area contributed by atoms with Crippen molar-refractivity contribution < 1.29 is 0 Å². The molecule has 0 bridgehead atoms. The zero-order chi connectivity index (χ0) is 8.43. The number of allylic oxidation sites excluding steroid dienone is 1. The predicted molar refractivity (Wildman–Crippen MR) is 48.8 cm³/mol. The van der Waals surface area contributed by atoms with E-state index in [-0.39, 0.29) is 0 Å². The monoisotopic (exact) mass is 148 g/mol. The van der Waals surface area contributed by atoms with Crippen LogP contribution in [0.25, 0.3) is 5.57 Å². The van der Waals surface area contributed by atoms with Crippen LogP contribution >= 0.6 is 0 Å². The molecule has 0 spiro atoms. The first kappa shape index (κ1) is 7.79. The number of rotatable bonds is 2. The van der Waals surface area contributed by atoms with Crippen LogP contribution in [0.2, 0.25) is 0 Å². The Morgan fingerprint density at radius 2 is 2.27 bits per heavy atom. The van der Waals surface area contributed by atoms with E-state index >= 15 is 0 Å². The zero-order valence-corrected chi connectivity index (χ0v) is 6.96. The van der Waals surface area contributed by atoms with Crippen molar-refractivity contribution >= 4 is 12.3 Å². The molecule has 58 valence electrons. The van der Waals surface area contributed by atoms with E-state index in [0.717, 1.165) is 11.3 Å². The molecular weight excluding hydrogens is 136 g/mol. The maximum absolute atomic E-state index is 3.84. The second kappa shape index (κ2) is 2.74. The molecule has 0 N–H and O–H groups in total. The van der Waals surface area contributed by atoms with E-state index in [1.165, 1.54) is 5.56 Å². The molecule has 0 aliphatic rings. The van der Waals surface area contributed by atoms with Crippen molar-refractivity contribution in [2.75, 3.05) is 0 Å². The van der Waals surface area contributed by atoms with Gasteiger partial charge in [-0.2, -0.15) is 5.10 Å². The van der Waals surface area contributed by atoms with Crippen molar-refractivity contribution in [3.05, 3.63) is 30.1 Å². The summed E-state index contributed by atoms with van der Waals surface area (Å²) in [5.74, 6) is 0. The first-order valence-electron chi connectivity index (χ1n) is 3.47. The number of hydrogen-bond donors (Lipinski definition) is 0. The Kier molecular flexibility index (Phi) is 1.94. The second-order valence-corrected chi connectivity index (χ2v) is 2.67. The summed E-state index contributed by atoms with van der Waals surface area (Å²) in [6.45, 7) is 11.3. The topological polar surface area (TPSA) is 17.3 Å². The van der Waals surface area contributed by atoms with Crippen LogP contribution in [0.4, 0.5) is 0 Å². The van der Waals surface area contributed by atoms with Gasteiger partial charge < -0.3 is 0 Å². The van der Waals surface area contributed by atoms with Gasteiger partial charge in [-0.05, 0) is 31.1 Å². The lowest BCUT2D eigenvalue weighted by molar-refractivity contribution is 0.879. The molecule has 0 aliphatic heterocycles. The summed E-state index contributed by atoms with van der Waals surface area (Å²) in [4.78, 5) is 0. The third-order valence-electron chi connectivity index (χ3n) is 1.53. The molecule has 0 saturated carbocycles. The second-order valence-electron chi connectivity index (χ2n) is 2.67. The molecule has 0 unspecified atom stereocenters. The van der Waals surface area contributed by atoms with E-state index in [1.807, 2.05) is 26.1 Å². The number of nitrogens with zero attached hydrogens (tertiary/aromatic N) is 2. The average molecular weight is 148 g/mol. The van der Waals surface area contributed by atoms with Crippen LogP contribution in [0.15, 0.2) is 23.9 Å².